The molecule has 0 unspecified atom stereocenters. The minimum atomic E-state index is -0.327. The van der Waals surface area contributed by atoms with Gasteiger partial charge in [0, 0.05) is 24.7 Å². The van der Waals surface area contributed by atoms with E-state index in [9.17, 15) is 4.79 Å². The smallest absolute Gasteiger partial charge is 0.260 e. The first-order valence-corrected chi connectivity index (χ1v) is 14.5. The van der Waals surface area contributed by atoms with E-state index in [2.05, 4.69) is 24.1 Å². The molecule has 200 valence electrons. The van der Waals surface area contributed by atoms with Crippen molar-refractivity contribution in [3.8, 4) is 11.5 Å². The first-order chi connectivity index (χ1) is 18.1. The van der Waals surface area contributed by atoms with Crippen molar-refractivity contribution in [1.29, 1.82) is 0 Å². The maximum Gasteiger partial charge on any atom is 0.260 e. The molecular weight excluding hydrogens is 460 g/mol. The molecule has 2 aliphatic carbocycles. The third-order valence-electron chi connectivity index (χ3n) is 8.86. The highest BCUT2D eigenvalue weighted by Crippen LogP contribution is 2.39. The molecule has 1 aliphatic heterocycles. The number of ether oxygens (including phenoxy) is 2. The second kappa shape index (κ2) is 12.3. The molecular formula is C32H44N2O3. The second-order valence-corrected chi connectivity index (χ2v) is 11.6. The lowest BCUT2D eigenvalue weighted by Crippen LogP contribution is -2.52. The molecule has 1 spiro atoms. The van der Waals surface area contributed by atoms with Crippen LogP contribution in [0.15, 0.2) is 54.6 Å². The summed E-state index contributed by atoms with van der Waals surface area (Å²) < 4.78 is 12.6. The highest BCUT2D eigenvalue weighted by atomic mass is 16.5. The van der Waals surface area contributed by atoms with E-state index in [1.165, 1.54) is 51.5 Å². The van der Waals surface area contributed by atoms with Gasteiger partial charge in [0.25, 0.3) is 5.91 Å². The van der Waals surface area contributed by atoms with Gasteiger partial charge in [0.1, 0.15) is 17.1 Å². The Labute approximate surface area is 223 Å². The van der Waals surface area contributed by atoms with Crippen molar-refractivity contribution in [3.05, 3.63) is 60.2 Å². The van der Waals surface area contributed by atoms with Crippen molar-refractivity contribution >= 4 is 5.91 Å². The lowest BCUT2D eigenvalue weighted by molar-refractivity contribution is -0.137. The molecule has 2 fully saturated rings. The Morgan fingerprint density at radius 2 is 1.62 bits per heavy atom. The highest BCUT2D eigenvalue weighted by Gasteiger charge is 2.43. The van der Waals surface area contributed by atoms with Crippen molar-refractivity contribution < 1.29 is 14.3 Å². The monoisotopic (exact) mass is 504 g/mol. The maximum atomic E-state index is 13.3. The Morgan fingerprint density at radius 3 is 2.38 bits per heavy atom. The summed E-state index contributed by atoms with van der Waals surface area (Å²) in [5.41, 5.74) is 0.753. The van der Waals surface area contributed by atoms with Crippen LogP contribution >= 0.6 is 0 Å². The molecule has 1 heterocycles. The topological polar surface area (TPSA) is 42.0 Å². The van der Waals surface area contributed by atoms with Crippen molar-refractivity contribution in [2.24, 2.45) is 5.92 Å². The van der Waals surface area contributed by atoms with Gasteiger partial charge in [-0.15, -0.1) is 0 Å². The van der Waals surface area contributed by atoms with Gasteiger partial charge < -0.3 is 19.3 Å². The molecule has 2 aromatic carbocycles. The van der Waals surface area contributed by atoms with Crippen molar-refractivity contribution in [1.82, 2.24) is 9.80 Å². The molecule has 1 amide bonds. The fourth-order valence-electron chi connectivity index (χ4n) is 6.65. The first kappa shape index (κ1) is 26.1. The van der Waals surface area contributed by atoms with Gasteiger partial charge in [-0.05, 0) is 69.7 Å². The van der Waals surface area contributed by atoms with Crippen LogP contribution in [-0.4, -0.2) is 54.1 Å². The number of carbonyl (C=O) groups excluding carboxylic acids is 1. The molecule has 0 bridgehead atoms. The number of hydrogen-bond donors (Lipinski definition) is 0. The van der Waals surface area contributed by atoms with E-state index in [0.29, 0.717) is 19.1 Å². The standard InChI is InChI=1S/C32H44N2O3/c1-33(22-26-12-6-3-2-4-7-13-26)28-18-20-32(21-19-28)25-34(23-27-14-10-11-17-30(27)37-32)31(35)24-36-29-15-8-5-9-16-29/h5,8-11,14-17,26,28H,2-4,6-7,12-13,18-25H2,1H3. The summed E-state index contributed by atoms with van der Waals surface area (Å²) in [5, 5.41) is 0. The van der Waals surface area contributed by atoms with Crippen LogP contribution in [0, 0.1) is 5.92 Å². The summed E-state index contributed by atoms with van der Waals surface area (Å²) in [4.78, 5) is 17.9. The van der Waals surface area contributed by atoms with Crippen molar-refractivity contribution in [2.75, 3.05) is 26.7 Å². The Bertz CT molecular complexity index is 994. The molecule has 5 heteroatoms. The Hall–Kier alpha value is -2.53. The minimum absolute atomic E-state index is 0.0204. The van der Waals surface area contributed by atoms with Crippen LogP contribution in [0.5, 0.6) is 11.5 Å². The van der Waals surface area contributed by atoms with Crippen LogP contribution in [0.2, 0.25) is 0 Å². The van der Waals surface area contributed by atoms with Crippen molar-refractivity contribution in [3.63, 3.8) is 0 Å². The summed E-state index contributed by atoms with van der Waals surface area (Å²) in [6, 6.07) is 18.4. The van der Waals surface area contributed by atoms with Crippen LogP contribution in [0.1, 0.15) is 76.2 Å². The number of benzene rings is 2. The van der Waals surface area contributed by atoms with Gasteiger partial charge in [-0.1, -0.05) is 68.5 Å². The SMILES string of the molecule is CN(CC1CCCCCCC1)C1CCC2(CC1)CN(C(=O)COc1ccccc1)Cc1ccccc1O2. The average molecular weight is 505 g/mol. The van der Waals surface area contributed by atoms with Gasteiger partial charge in [-0.25, -0.2) is 0 Å². The van der Waals surface area contributed by atoms with Gasteiger partial charge in [-0.2, -0.15) is 0 Å². The van der Waals surface area contributed by atoms with E-state index in [4.69, 9.17) is 9.47 Å². The zero-order valence-electron chi connectivity index (χ0n) is 22.6. The summed E-state index contributed by atoms with van der Waals surface area (Å²) in [7, 11) is 2.33. The quantitative estimate of drug-likeness (QED) is 0.453. The predicted molar refractivity (Wildman–Crippen MR) is 148 cm³/mol. The molecule has 0 aromatic heterocycles. The molecule has 2 saturated carbocycles. The van der Waals surface area contributed by atoms with Crippen LogP contribution in [0.4, 0.5) is 0 Å². The van der Waals surface area contributed by atoms with E-state index in [1.807, 2.05) is 47.4 Å². The van der Waals surface area contributed by atoms with Gasteiger partial charge in [0.15, 0.2) is 6.61 Å². The molecule has 0 N–H and O–H groups in total. The average Bonchev–Trinajstić information content (AvgIpc) is 3.06. The normalized spacial score (nSPS) is 25.0. The largest absolute Gasteiger partial charge is 0.485 e. The number of rotatable bonds is 6. The second-order valence-electron chi connectivity index (χ2n) is 11.6. The minimum Gasteiger partial charge on any atom is -0.485 e. The molecule has 0 atom stereocenters. The number of hydrogen-bond acceptors (Lipinski definition) is 4. The first-order valence-electron chi connectivity index (χ1n) is 14.5. The van der Waals surface area contributed by atoms with Gasteiger partial charge in [0.05, 0.1) is 6.54 Å². The summed E-state index contributed by atoms with van der Waals surface area (Å²) in [6.45, 7) is 2.47. The van der Waals surface area contributed by atoms with E-state index in [0.717, 1.165) is 48.7 Å². The molecule has 5 rings (SSSR count). The summed E-state index contributed by atoms with van der Waals surface area (Å²) in [6.07, 6.45) is 14.0. The van der Waals surface area contributed by atoms with Crippen LogP contribution < -0.4 is 9.47 Å². The lowest BCUT2D eigenvalue weighted by atomic mass is 9.80. The van der Waals surface area contributed by atoms with Crippen LogP contribution in [0.25, 0.3) is 0 Å². The van der Waals surface area contributed by atoms with Gasteiger partial charge in [0.2, 0.25) is 0 Å². The molecule has 37 heavy (non-hydrogen) atoms. The summed E-state index contributed by atoms with van der Waals surface area (Å²) in [5.74, 6) is 2.53. The van der Waals surface area contributed by atoms with Crippen molar-refractivity contribution in [2.45, 2.75) is 88.8 Å². The fourth-order valence-corrected chi connectivity index (χ4v) is 6.65. The zero-order chi connectivity index (χ0) is 25.5. The summed E-state index contributed by atoms with van der Waals surface area (Å²) >= 11 is 0. The number of para-hydroxylation sites is 2. The molecule has 5 nitrogen and oxygen atoms in total. The molecule has 3 aliphatic rings. The predicted octanol–water partition coefficient (Wildman–Crippen LogP) is 6.46. The van der Waals surface area contributed by atoms with Crippen LogP contribution in [0.3, 0.4) is 0 Å². The highest BCUT2D eigenvalue weighted by molar-refractivity contribution is 5.78. The number of fused-ring (bicyclic) bond motifs is 1. The van der Waals surface area contributed by atoms with E-state index < -0.39 is 0 Å². The third-order valence-corrected chi connectivity index (χ3v) is 8.86. The van der Waals surface area contributed by atoms with E-state index >= 15 is 0 Å². The molecule has 0 radical (unpaired) electrons. The van der Waals surface area contributed by atoms with Crippen LogP contribution in [-0.2, 0) is 11.3 Å². The Kier molecular flexibility index (Phi) is 8.70. The number of amides is 1. The zero-order valence-corrected chi connectivity index (χ0v) is 22.6. The Balaban J connectivity index is 1.23. The number of nitrogens with zero attached hydrogens (tertiary/aromatic N) is 2. The molecule has 2 aromatic rings. The Morgan fingerprint density at radius 1 is 0.946 bits per heavy atom. The van der Waals surface area contributed by atoms with Gasteiger partial charge in [-0.3, -0.25) is 4.79 Å². The van der Waals surface area contributed by atoms with E-state index in [-0.39, 0.29) is 18.1 Å². The lowest BCUT2D eigenvalue weighted by Gasteiger charge is -2.44. The number of carbonyl (C=O) groups is 1. The fraction of sp³-hybridized carbons (Fsp3) is 0.594. The van der Waals surface area contributed by atoms with E-state index in [1.54, 1.807) is 0 Å². The third kappa shape index (κ3) is 6.87. The maximum absolute atomic E-state index is 13.3. The van der Waals surface area contributed by atoms with Gasteiger partial charge >= 0.3 is 0 Å². The molecule has 0 saturated heterocycles.